The molecule has 0 amide bonds. The molecule has 7 nitrogen and oxygen atoms in total. The van der Waals surface area contributed by atoms with E-state index in [4.69, 9.17) is 0 Å². The second-order valence-corrected chi connectivity index (χ2v) is 9.57. The largest absolute Gasteiger partial charge is 0.415 e. The lowest BCUT2D eigenvalue weighted by molar-refractivity contribution is -0.210. The number of piperidine rings is 1. The lowest BCUT2D eigenvalue weighted by atomic mass is 9.85. The van der Waals surface area contributed by atoms with Gasteiger partial charge < -0.3 is 5.11 Å². The molecule has 2 aliphatic rings. The van der Waals surface area contributed by atoms with E-state index < -0.39 is 12.3 Å². The average Bonchev–Trinajstić information content (AvgIpc) is 3.54. The van der Waals surface area contributed by atoms with Crippen LogP contribution in [0.1, 0.15) is 37.2 Å². The minimum atomic E-state index is -4.57. The van der Waals surface area contributed by atoms with Gasteiger partial charge in [0.05, 0.1) is 17.4 Å². The lowest BCUT2D eigenvalue weighted by Crippen LogP contribution is -2.49. The molecule has 6 rings (SSSR count). The monoisotopic (exact) mass is 482 g/mol. The number of nitrogens with one attached hydrogen (secondary N) is 1. The van der Waals surface area contributed by atoms with Crippen molar-refractivity contribution in [2.45, 2.75) is 56.0 Å². The fourth-order valence-corrected chi connectivity index (χ4v) is 5.70. The summed E-state index contributed by atoms with van der Waals surface area (Å²) in [4.78, 5) is 1.87. The van der Waals surface area contributed by atoms with Crippen LogP contribution in [-0.4, -0.2) is 66.1 Å². The molecule has 0 radical (unpaired) electrons. The Hall–Kier alpha value is -3.24. The number of halogens is 3. The van der Waals surface area contributed by atoms with E-state index in [0.29, 0.717) is 11.6 Å². The highest BCUT2D eigenvalue weighted by Gasteiger charge is 2.46. The van der Waals surface area contributed by atoms with Crippen molar-refractivity contribution in [3.05, 3.63) is 60.3 Å². The maximum absolute atomic E-state index is 12.9. The van der Waals surface area contributed by atoms with Gasteiger partial charge in [-0.25, -0.2) is 4.68 Å². The van der Waals surface area contributed by atoms with Crippen LogP contribution in [0.15, 0.2) is 54.7 Å². The quantitative estimate of drug-likeness (QED) is 0.439. The fraction of sp³-hybridized carbons (Fsp3) is 0.400. The van der Waals surface area contributed by atoms with Crippen LogP contribution in [0.4, 0.5) is 13.2 Å². The number of para-hydroxylation sites is 1. The van der Waals surface area contributed by atoms with Gasteiger partial charge >= 0.3 is 6.18 Å². The third kappa shape index (κ3) is 4.10. The number of rotatable bonds is 5. The van der Waals surface area contributed by atoms with Crippen molar-refractivity contribution < 1.29 is 18.3 Å². The number of H-pyrrole nitrogens is 1. The average molecular weight is 483 g/mol. The molecule has 0 saturated carbocycles. The van der Waals surface area contributed by atoms with E-state index in [1.807, 2.05) is 47.5 Å². The Balaban J connectivity index is 1.16. The van der Waals surface area contributed by atoms with Gasteiger partial charge in [-0.05, 0) is 55.4 Å². The van der Waals surface area contributed by atoms with Gasteiger partial charge in [-0.1, -0.05) is 35.5 Å². The molecule has 2 bridgehead atoms. The predicted octanol–water partition coefficient (Wildman–Crippen LogP) is 4.44. The van der Waals surface area contributed by atoms with Crippen molar-refractivity contribution in [1.82, 2.24) is 30.1 Å². The van der Waals surface area contributed by atoms with E-state index in [9.17, 15) is 18.3 Å². The number of aromatic nitrogens is 5. The van der Waals surface area contributed by atoms with Crippen LogP contribution in [0.5, 0.6) is 0 Å². The molecule has 2 unspecified atom stereocenters. The Kier molecular flexibility index (Phi) is 5.37. The van der Waals surface area contributed by atoms with Crippen molar-refractivity contribution in [3.63, 3.8) is 0 Å². The number of hydrogen-bond acceptors (Lipinski definition) is 5. The Morgan fingerprint density at radius 3 is 2.46 bits per heavy atom. The number of alkyl halides is 3. The van der Waals surface area contributed by atoms with Crippen LogP contribution in [0.2, 0.25) is 0 Å². The Labute approximate surface area is 199 Å². The Bertz CT molecular complexity index is 1320. The van der Waals surface area contributed by atoms with Gasteiger partial charge in [-0.2, -0.15) is 18.3 Å². The second kappa shape index (κ2) is 8.46. The molecule has 2 aromatic carbocycles. The number of nitrogens with zero attached hydrogens (tertiary/aromatic N) is 5. The molecule has 2 N–H and O–H groups in total. The molecular formula is C25H25F3N6O. The third-order valence-corrected chi connectivity index (χ3v) is 7.48. The summed E-state index contributed by atoms with van der Waals surface area (Å²) in [6.45, 7) is -0.329. The molecule has 182 valence electrons. The van der Waals surface area contributed by atoms with Gasteiger partial charge in [0, 0.05) is 24.0 Å². The molecule has 2 aromatic heterocycles. The first-order valence-electron chi connectivity index (χ1n) is 11.8. The van der Waals surface area contributed by atoms with Crippen LogP contribution < -0.4 is 0 Å². The number of fused-ring (bicyclic) bond motifs is 3. The summed E-state index contributed by atoms with van der Waals surface area (Å²) in [6.07, 6.45) is -1.63. The molecule has 0 aliphatic carbocycles. The highest BCUT2D eigenvalue weighted by molar-refractivity contribution is 5.91. The lowest BCUT2D eigenvalue weighted by Gasteiger charge is -2.40. The minimum Gasteiger partial charge on any atom is -0.382 e. The van der Waals surface area contributed by atoms with E-state index in [-0.39, 0.29) is 18.6 Å². The Morgan fingerprint density at radius 1 is 1.03 bits per heavy atom. The highest BCUT2D eigenvalue weighted by Crippen LogP contribution is 2.43. The van der Waals surface area contributed by atoms with Crippen LogP contribution >= 0.6 is 0 Å². The van der Waals surface area contributed by atoms with Crippen LogP contribution in [-0.2, 0) is 0 Å². The zero-order valence-electron chi connectivity index (χ0n) is 18.9. The molecule has 4 atom stereocenters. The smallest absolute Gasteiger partial charge is 0.382 e. The van der Waals surface area contributed by atoms with Crippen LogP contribution in [0.3, 0.4) is 0 Å². The van der Waals surface area contributed by atoms with Crippen molar-refractivity contribution in [2.75, 3.05) is 6.54 Å². The predicted molar refractivity (Wildman–Crippen MR) is 124 cm³/mol. The van der Waals surface area contributed by atoms with Gasteiger partial charge in [-0.15, -0.1) is 5.10 Å². The fourth-order valence-electron chi connectivity index (χ4n) is 5.70. The molecule has 0 spiro atoms. The molecule has 10 heteroatoms. The molecule has 35 heavy (non-hydrogen) atoms. The second-order valence-electron chi connectivity index (χ2n) is 9.57. The summed E-state index contributed by atoms with van der Waals surface area (Å²) in [5, 5.41) is 26.5. The first-order chi connectivity index (χ1) is 16.9. The van der Waals surface area contributed by atoms with E-state index in [1.54, 1.807) is 4.68 Å². The molecule has 4 heterocycles. The van der Waals surface area contributed by atoms with Crippen molar-refractivity contribution >= 4 is 10.9 Å². The summed E-state index contributed by atoms with van der Waals surface area (Å²) < 4.78 is 40.3. The molecule has 2 saturated heterocycles. The summed E-state index contributed by atoms with van der Waals surface area (Å²) in [5.74, 6) is 0.294. The van der Waals surface area contributed by atoms with E-state index in [2.05, 4.69) is 32.6 Å². The Morgan fingerprint density at radius 2 is 1.74 bits per heavy atom. The van der Waals surface area contributed by atoms with Crippen molar-refractivity contribution in [2.24, 2.45) is 0 Å². The zero-order valence-corrected chi connectivity index (χ0v) is 18.9. The summed E-state index contributed by atoms with van der Waals surface area (Å²) in [6, 6.07) is 16.2. The number of aliphatic hydroxyl groups excluding tert-OH is 1. The molecular weight excluding hydrogens is 457 g/mol. The summed E-state index contributed by atoms with van der Waals surface area (Å²) in [5.41, 5.74) is 4.42. The molecule has 2 fully saturated rings. The molecule has 2 aliphatic heterocycles. The SMILES string of the molecule is OC(CN1[C@@H]2CC[C@H]1CC(c1ccc(-n3cc(-c4n[nH]c5ccccc45)nn3)cc1)C2)C(F)(F)F. The number of aromatic amines is 1. The van der Waals surface area contributed by atoms with Crippen molar-refractivity contribution in [1.29, 1.82) is 0 Å². The number of hydrogen-bond donors (Lipinski definition) is 2. The maximum Gasteiger partial charge on any atom is 0.415 e. The van der Waals surface area contributed by atoms with Crippen molar-refractivity contribution in [3.8, 4) is 17.1 Å². The highest BCUT2D eigenvalue weighted by atomic mass is 19.4. The van der Waals surface area contributed by atoms with Gasteiger partial charge in [0.25, 0.3) is 0 Å². The third-order valence-electron chi connectivity index (χ3n) is 7.48. The van der Waals surface area contributed by atoms with Crippen LogP contribution in [0, 0.1) is 0 Å². The van der Waals surface area contributed by atoms with E-state index in [0.717, 1.165) is 48.0 Å². The molecule has 4 aromatic rings. The van der Waals surface area contributed by atoms with E-state index >= 15 is 0 Å². The minimum absolute atomic E-state index is 0.0805. The standard InChI is InChI=1S/C25H25F3N6O/c26-25(27,28)23(35)14-33-18-9-10-19(33)12-16(11-18)15-5-7-17(8-6-15)34-13-22(30-32-34)24-20-3-1-2-4-21(20)29-31-24/h1-8,13,16,18-19,23,35H,9-12,14H2,(H,29,31)/t16?,18-,19+,23?. The normalized spacial score (nSPS) is 23.7. The number of aliphatic hydroxyl groups is 1. The first-order valence-corrected chi connectivity index (χ1v) is 11.8. The van der Waals surface area contributed by atoms with Gasteiger partial charge in [0.15, 0.2) is 6.10 Å². The van der Waals surface area contributed by atoms with Gasteiger partial charge in [0.1, 0.15) is 11.4 Å². The summed E-state index contributed by atoms with van der Waals surface area (Å²) in [7, 11) is 0. The number of benzene rings is 2. The summed E-state index contributed by atoms with van der Waals surface area (Å²) >= 11 is 0. The zero-order chi connectivity index (χ0) is 24.2. The van der Waals surface area contributed by atoms with Gasteiger partial charge in [0.2, 0.25) is 0 Å². The van der Waals surface area contributed by atoms with E-state index in [1.165, 1.54) is 5.56 Å². The topological polar surface area (TPSA) is 82.9 Å². The first kappa shape index (κ1) is 22.2. The van der Waals surface area contributed by atoms with Crippen LogP contribution in [0.25, 0.3) is 28.0 Å². The maximum atomic E-state index is 12.9. The van der Waals surface area contributed by atoms with Gasteiger partial charge in [-0.3, -0.25) is 10.00 Å².